The normalized spacial score (nSPS) is 40.9. The van der Waals surface area contributed by atoms with Crippen molar-refractivity contribution in [3.63, 3.8) is 0 Å². The molecule has 1 saturated heterocycles. The second-order valence-corrected chi connectivity index (χ2v) is 3.78. The lowest BCUT2D eigenvalue weighted by Gasteiger charge is -2.25. The van der Waals surface area contributed by atoms with Crippen molar-refractivity contribution in [1.29, 1.82) is 0 Å². The molecule has 1 heterocycles. The molecule has 2 rings (SSSR count). The van der Waals surface area contributed by atoms with E-state index in [9.17, 15) is 9.59 Å². The van der Waals surface area contributed by atoms with E-state index in [-0.39, 0.29) is 23.8 Å². The molecule has 66 valence electrons. The van der Waals surface area contributed by atoms with E-state index in [1.165, 1.54) is 0 Å². The minimum Gasteiger partial charge on any atom is -0.393 e. The number of rotatable bonds is 0. The average molecular weight is 168 g/mol. The summed E-state index contributed by atoms with van der Waals surface area (Å²) < 4.78 is 4.60. The first-order valence-electron chi connectivity index (χ1n) is 4.45. The molecule has 0 unspecified atom stereocenters. The van der Waals surface area contributed by atoms with Gasteiger partial charge in [0.1, 0.15) is 0 Å². The van der Waals surface area contributed by atoms with Gasteiger partial charge in [0, 0.05) is 0 Å². The predicted molar refractivity (Wildman–Crippen MR) is 41.1 cm³/mol. The first-order chi connectivity index (χ1) is 5.70. The highest BCUT2D eigenvalue weighted by Crippen LogP contribution is 2.40. The standard InChI is InChI=1S/C9H12O3/c1-5-3-2-4-6-7(5)9(11)12-8(6)10/h5-7H,2-4H2,1H3/t5-,6+,7+/m0/s1. The van der Waals surface area contributed by atoms with Crippen molar-refractivity contribution in [1.82, 2.24) is 0 Å². The lowest BCUT2D eigenvalue weighted by molar-refractivity contribution is -0.154. The zero-order valence-corrected chi connectivity index (χ0v) is 7.08. The van der Waals surface area contributed by atoms with Crippen molar-refractivity contribution >= 4 is 11.9 Å². The van der Waals surface area contributed by atoms with Gasteiger partial charge in [-0.2, -0.15) is 0 Å². The third kappa shape index (κ3) is 0.958. The second-order valence-electron chi connectivity index (χ2n) is 3.78. The summed E-state index contributed by atoms with van der Waals surface area (Å²) in [6.45, 7) is 2.02. The summed E-state index contributed by atoms with van der Waals surface area (Å²) in [6.07, 6.45) is 2.92. The summed E-state index contributed by atoms with van der Waals surface area (Å²) in [5.74, 6) is -0.524. The Bertz CT molecular complexity index is 234. The van der Waals surface area contributed by atoms with Gasteiger partial charge in [0.15, 0.2) is 0 Å². The molecule has 3 heteroatoms. The molecule has 12 heavy (non-hydrogen) atoms. The molecule has 0 amide bonds. The van der Waals surface area contributed by atoms with Gasteiger partial charge in [-0.05, 0) is 18.8 Å². The second kappa shape index (κ2) is 2.57. The smallest absolute Gasteiger partial charge is 0.317 e. The zero-order chi connectivity index (χ0) is 8.72. The van der Waals surface area contributed by atoms with Crippen LogP contribution in [0.2, 0.25) is 0 Å². The largest absolute Gasteiger partial charge is 0.393 e. The Morgan fingerprint density at radius 1 is 1.25 bits per heavy atom. The highest BCUT2D eigenvalue weighted by atomic mass is 16.6. The topological polar surface area (TPSA) is 43.4 Å². The molecule has 1 aliphatic carbocycles. The monoisotopic (exact) mass is 168 g/mol. The molecule has 0 N–H and O–H groups in total. The van der Waals surface area contributed by atoms with E-state index >= 15 is 0 Å². The van der Waals surface area contributed by atoms with E-state index < -0.39 is 0 Å². The van der Waals surface area contributed by atoms with Gasteiger partial charge in [-0.15, -0.1) is 0 Å². The Morgan fingerprint density at radius 2 is 2.00 bits per heavy atom. The number of esters is 2. The maximum atomic E-state index is 11.2. The number of fused-ring (bicyclic) bond motifs is 1. The molecule has 1 aliphatic heterocycles. The molecule has 3 nitrogen and oxygen atoms in total. The van der Waals surface area contributed by atoms with E-state index in [2.05, 4.69) is 4.74 Å². The minimum atomic E-state index is -0.295. The summed E-state index contributed by atoms with van der Waals surface area (Å²) in [4.78, 5) is 22.3. The molecule has 3 atom stereocenters. The molecular formula is C9H12O3. The number of carbonyl (C=O) groups is 2. The highest BCUT2D eigenvalue weighted by molar-refractivity contribution is 5.96. The number of cyclic esters (lactones) is 2. The fourth-order valence-corrected chi connectivity index (χ4v) is 2.32. The summed E-state index contributed by atoms with van der Waals surface area (Å²) in [5.41, 5.74) is 0. The lowest BCUT2D eigenvalue weighted by Crippen LogP contribution is -2.28. The Balaban J connectivity index is 2.24. The van der Waals surface area contributed by atoms with E-state index in [1.54, 1.807) is 0 Å². The van der Waals surface area contributed by atoms with Crippen LogP contribution in [0.25, 0.3) is 0 Å². The highest BCUT2D eigenvalue weighted by Gasteiger charge is 2.48. The molecule has 2 fully saturated rings. The van der Waals surface area contributed by atoms with Crippen LogP contribution >= 0.6 is 0 Å². The number of hydrogen-bond acceptors (Lipinski definition) is 3. The molecule has 2 aliphatic rings. The van der Waals surface area contributed by atoms with Gasteiger partial charge >= 0.3 is 11.9 Å². The molecular weight excluding hydrogens is 156 g/mol. The van der Waals surface area contributed by atoms with Crippen LogP contribution in [0.15, 0.2) is 0 Å². The fraction of sp³-hybridized carbons (Fsp3) is 0.778. The Morgan fingerprint density at radius 3 is 2.67 bits per heavy atom. The SMILES string of the molecule is C[C@H]1CCC[C@H]2C(=O)OC(=O)[C@H]12. The summed E-state index contributed by atoms with van der Waals surface area (Å²) in [5, 5.41) is 0. The van der Waals surface area contributed by atoms with Crippen molar-refractivity contribution in [3.8, 4) is 0 Å². The summed E-state index contributed by atoms with van der Waals surface area (Å²) in [6, 6.07) is 0. The van der Waals surface area contributed by atoms with Gasteiger partial charge in [-0.1, -0.05) is 13.3 Å². The number of carbonyl (C=O) groups excluding carboxylic acids is 2. The van der Waals surface area contributed by atoms with Crippen LogP contribution in [-0.4, -0.2) is 11.9 Å². The molecule has 0 aromatic carbocycles. The number of ether oxygens (including phenoxy) is 1. The molecule has 0 radical (unpaired) electrons. The summed E-state index contributed by atoms with van der Waals surface area (Å²) in [7, 11) is 0. The third-order valence-electron chi connectivity index (χ3n) is 3.00. The zero-order valence-electron chi connectivity index (χ0n) is 7.08. The van der Waals surface area contributed by atoms with Crippen LogP contribution in [0.1, 0.15) is 26.2 Å². The van der Waals surface area contributed by atoms with Crippen LogP contribution in [0.5, 0.6) is 0 Å². The fourth-order valence-electron chi connectivity index (χ4n) is 2.32. The van der Waals surface area contributed by atoms with Gasteiger partial charge in [-0.3, -0.25) is 9.59 Å². The van der Waals surface area contributed by atoms with E-state index in [0.717, 1.165) is 19.3 Å². The van der Waals surface area contributed by atoms with E-state index in [4.69, 9.17) is 0 Å². The van der Waals surface area contributed by atoms with E-state index in [1.807, 2.05) is 6.92 Å². The minimum absolute atomic E-state index is 0.124. The van der Waals surface area contributed by atoms with E-state index in [0.29, 0.717) is 5.92 Å². The van der Waals surface area contributed by atoms with Crippen molar-refractivity contribution in [2.45, 2.75) is 26.2 Å². The van der Waals surface area contributed by atoms with Crippen LogP contribution in [0, 0.1) is 17.8 Å². The van der Waals surface area contributed by atoms with Crippen LogP contribution in [0.3, 0.4) is 0 Å². The van der Waals surface area contributed by atoms with Gasteiger partial charge in [0.05, 0.1) is 11.8 Å². The molecule has 0 aromatic rings. The van der Waals surface area contributed by atoms with Crippen LogP contribution < -0.4 is 0 Å². The van der Waals surface area contributed by atoms with Gasteiger partial charge in [0.25, 0.3) is 0 Å². The Hall–Kier alpha value is -0.860. The maximum Gasteiger partial charge on any atom is 0.317 e. The first-order valence-corrected chi connectivity index (χ1v) is 4.45. The maximum absolute atomic E-state index is 11.2. The number of hydrogen-bond donors (Lipinski definition) is 0. The molecule has 0 spiro atoms. The predicted octanol–water partition coefficient (Wildman–Crippen LogP) is 1.12. The Kier molecular flexibility index (Phi) is 1.67. The van der Waals surface area contributed by atoms with Gasteiger partial charge in [0.2, 0.25) is 0 Å². The van der Waals surface area contributed by atoms with Crippen LogP contribution in [-0.2, 0) is 14.3 Å². The van der Waals surface area contributed by atoms with Gasteiger partial charge < -0.3 is 4.74 Å². The average Bonchev–Trinajstić information content (AvgIpc) is 2.29. The van der Waals surface area contributed by atoms with Crippen molar-refractivity contribution in [3.05, 3.63) is 0 Å². The summed E-state index contributed by atoms with van der Waals surface area (Å²) >= 11 is 0. The van der Waals surface area contributed by atoms with Crippen molar-refractivity contribution < 1.29 is 14.3 Å². The third-order valence-corrected chi connectivity index (χ3v) is 3.00. The van der Waals surface area contributed by atoms with Crippen molar-refractivity contribution in [2.24, 2.45) is 17.8 Å². The quantitative estimate of drug-likeness (QED) is 0.402. The lowest BCUT2D eigenvalue weighted by atomic mass is 9.74. The molecule has 0 aromatic heterocycles. The van der Waals surface area contributed by atoms with Gasteiger partial charge in [-0.25, -0.2) is 0 Å². The Labute approximate surface area is 71.1 Å². The van der Waals surface area contributed by atoms with Crippen LogP contribution in [0.4, 0.5) is 0 Å². The van der Waals surface area contributed by atoms with Crippen molar-refractivity contribution in [2.75, 3.05) is 0 Å². The molecule has 1 saturated carbocycles. The first kappa shape index (κ1) is 7.77. The molecule has 0 bridgehead atoms.